The molecule has 1 aliphatic carbocycles. The summed E-state index contributed by atoms with van der Waals surface area (Å²) in [5.74, 6) is -0.368. The summed E-state index contributed by atoms with van der Waals surface area (Å²) < 4.78 is 14.1. The number of amides is 2. The Kier molecular flexibility index (Phi) is 6.68. The largest absolute Gasteiger partial charge is 0.355 e. The number of aromatic nitrogens is 1. The van der Waals surface area contributed by atoms with Gasteiger partial charge in [-0.3, -0.25) is 9.59 Å². The molecule has 0 unspecified atom stereocenters. The van der Waals surface area contributed by atoms with Gasteiger partial charge in [0, 0.05) is 48.3 Å². The molecule has 0 radical (unpaired) electrons. The summed E-state index contributed by atoms with van der Waals surface area (Å²) in [4.78, 5) is 31.2. The summed E-state index contributed by atoms with van der Waals surface area (Å²) >= 11 is 7.54. The Balaban J connectivity index is 1.33. The fraction of sp³-hybridized carbons (Fsp3) is 0.500. The predicted molar refractivity (Wildman–Crippen MR) is 115 cm³/mol. The third-order valence-corrected chi connectivity index (χ3v) is 7.23. The number of carbonyl (C=O) groups is 2. The first-order valence-corrected chi connectivity index (χ1v) is 11.7. The van der Waals surface area contributed by atoms with Gasteiger partial charge in [0.15, 0.2) is 0 Å². The molecule has 160 valence electrons. The van der Waals surface area contributed by atoms with Crippen LogP contribution < -0.4 is 5.32 Å². The first-order valence-electron chi connectivity index (χ1n) is 10.5. The molecule has 30 heavy (non-hydrogen) atoms. The molecule has 2 heterocycles. The quantitative estimate of drug-likeness (QED) is 0.710. The van der Waals surface area contributed by atoms with E-state index in [1.54, 1.807) is 16.2 Å². The predicted octanol–water partition coefficient (Wildman–Crippen LogP) is 4.41. The lowest BCUT2D eigenvalue weighted by Crippen LogP contribution is -2.39. The van der Waals surface area contributed by atoms with Crippen LogP contribution >= 0.6 is 22.9 Å². The van der Waals surface area contributed by atoms with Crippen molar-refractivity contribution in [2.45, 2.75) is 44.4 Å². The zero-order valence-electron chi connectivity index (χ0n) is 16.7. The molecule has 1 saturated heterocycles. The average molecular weight is 450 g/mol. The molecule has 0 spiro atoms. The maximum absolute atomic E-state index is 14.1. The number of carbonyl (C=O) groups excluding carboxylic acids is 2. The Morgan fingerprint density at radius 1 is 1.27 bits per heavy atom. The van der Waals surface area contributed by atoms with Crippen molar-refractivity contribution in [2.75, 3.05) is 19.6 Å². The summed E-state index contributed by atoms with van der Waals surface area (Å²) in [5.41, 5.74) is 0.985. The number of thiazole rings is 1. The molecule has 4 rings (SSSR count). The van der Waals surface area contributed by atoms with E-state index in [2.05, 4.69) is 5.32 Å². The van der Waals surface area contributed by atoms with Gasteiger partial charge in [-0.15, -0.1) is 11.3 Å². The van der Waals surface area contributed by atoms with E-state index in [4.69, 9.17) is 16.6 Å². The molecule has 1 aromatic carbocycles. The maximum Gasteiger partial charge on any atom is 0.256 e. The second kappa shape index (κ2) is 9.43. The van der Waals surface area contributed by atoms with Crippen LogP contribution in [0, 0.1) is 11.7 Å². The van der Waals surface area contributed by atoms with E-state index >= 15 is 0 Å². The second-order valence-electron chi connectivity index (χ2n) is 8.06. The average Bonchev–Trinajstić information content (AvgIpc) is 3.17. The SMILES string of the molecule is O=C(NCCc1csc([C@@H]2CCCN(C(=O)c3cc(Cl)ccc3F)C2)n1)C1CCC1. The number of likely N-dealkylation sites (tertiary alicyclic amines) is 1. The van der Waals surface area contributed by atoms with Crippen LogP contribution in [0.15, 0.2) is 23.6 Å². The van der Waals surface area contributed by atoms with E-state index in [9.17, 15) is 14.0 Å². The van der Waals surface area contributed by atoms with Gasteiger partial charge in [0.25, 0.3) is 5.91 Å². The molecule has 1 aliphatic heterocycles. The first kappa shape index (κ1) is 21.2. The molecular formula is C22H25ClFN3O2S. The summed E-state index contributed by atoms with van der Waals surface area (Å²) in [6, 6.07) is 4.06. The Bertz CT molecular complexity index is 931. The van der Waals surface area contributed by atoms with Gasteiger partial charge >= 0.3 is 0 Å². The Hall–Kier alpha value is -1.99. The number of rotatable bonds is 6. The van der Waals surface area contributed by atoms with Crippen LogP contribution in [0.5, 0.6) is 0 Å². The lowest BCUT2D eigenvalue weighted by Gasteiger charge is -2.32. The normalized spacial score (nSPS) is 19.4. The second-order valence-corrected chi connectivity index (χ2v) is 9.39. The summed E-state index contributed by atoms with van der Waals surface area (Å²) in [7, 11) is 0. The van der Waals surface area contributed by atoms with Crippen LogP contribution in [0.25, 0.3) is 0 Å². The maximum atomic E-state index is 14.1. The van der Waals surface area contributed by atoms with E-state index in [0.29, 0.717) is 31.1 Å². The summed E-state index contributed by atoms with van der Waals surface area (Å²) in [6.45, 7) is 1.73. The molecule has 5 nitrogen and oxygen atoms in total. The standard InChI is InChI=1S/C22H25ClFN3O2S/c23-16-6-7-19(24)18(11-16)22(29)27-10-2-5-15(12-27)21-26-17(13-30-21)8-9-25-20(28)14-3-1-4-14/h6-7,11,13-15H,1-5,8-10,12H2,(H,25,28)/t15-/m1/s1. The molecule has 1 aromatic heterocycles. The van der Waals surface area contributed by atoms with Crippen LogP contribution in [0.2, 0.25) is 5.02 Å². The molecule has 2 amide bonds. The molecule has 2 aliphatic rings. The number of hydrogen-bond acceptors (Lipinski definition) is 4. The van der Waals surface area contributed by atoms with Crippen molar-refractivity contribution >= 4 is 34.8 Å². The number of hydrogen-bond donors (Lipinski definition) is 1. The zero-order chi connectivity index (χ0) is 21.1. The molecule has 2 fully saturated rings. The fourth-order valence-electron chi connectivity index (χ4n) is 3.95. The van der Waals surface area contributed by atoms with Gasteiger partial charge in [-0.25, -0.2) is 9.37 Å². The zero-order valence-corrected chi connectivity index (χ0v) is 18.3. The lowest BCUT2D eigenvalue weighted by atomic mass is 9.85. The summed E-state index contributed by atoms with van der Waals surface area (Å²) in [5, 5.41) is 6.38. The number of benzene rings is 1. The monoisotopic (exact) mass is 449 g/mol. The number of piperidine rings is 1. The van der Waals surface area contributed by atoms with Crippen LogP contribution in [-0.2, 0) is 11.2 Å². The van der Waals surface area contributed by atoms with Crippen LogP contribution in [-0.4, -0.2) is 41.3 Å². The van der Waals surface area contributed by atoms with Gasteiger partial charge in [-0.2, -0.15) is 0 Å². The van der Waals surface area contributed by atoms with E-state index in [1.807, 2.05) is 5.38 Å². The molecule has 8 heteroatoms. The smallest absolute Gasteiger partial charge is 0.256 e. The topological polar surface area (TPSA) is 62.3 Å². The van der Waals surface area contributed by atoms with E-state index in [0.717, 1.165) is 42.8 Å². The molecule has 1 atom stereocenters. The third kappa shape index (κ3) is 4.83. The van der Waals surface area contributed by atoms with Crippen molar-refractivity contribution in [1.82, 2.24) is 15.2 Å². The Labute approximate surface area is 184 Å². The highest BCUT2D eigenvalue weighted by molar-refractivity contribution is 7.09. The number of nitrogens with one attached hydrogen (secondary N) is 1. The minimum Gasteiger partial charge on any atom is -0.355 e. The molecule has 1 saturated carbocycles. The van der Waals surface area contributed by atoms with Crippen molar-refractivity contribution in [3.8, 4) is 0 Å². The third-order valence-electron chi connectivity index (χ3n) is 5.94. The van der Waals surface area contributed by atoms with Crippen LogP contribution in [0.3, 0.4) is 0 Å². The van der Waals surface area contributed by atoms with Crippen LogP contribution in [0.1, 0.15) is 59.1 Å². The molecule has 2 aromatic rings. The van der Waals surface area contributed by atoms with Gasteiger partial charge < -0.3 is 10.2 Å². The van der Waals surface area contributed by atoms with E-state index in [1.165, 1.54) is 18.2 Å². The Morgan fingerprint density at radius 2 is 2.10 bits per heavy atom. The van der Waals surface area contributed by atoms with Gasteiger partial charge in [0.05, 0.1) is 16.3 Å². The summed E-state index contributed by atoms with van der Waals surface area (Å²) in [6.07, 6.45) is 5.67. The molecule has 0 bridgehead atoms. The van der Waals surface area contributed by atoms with Crippen molar-refractivity contribution in [2.24, 2.45) is 5.92 Å². The van der Waals surface area contributed by atoms with Crippen molar-refractivity contribution in [3.05, 3.63) is 50.7 Å². The van der Waals surface area contributed by atoms with E-state index < -0.39 is 5.82 Å². The van der Waals surface area contributed by atoms with Crippen molar-refractivity contribution in [1.29, 1.82) is 0 Å². The van der Waals surface area contributed by atoms with Gasteiger partial charge in [0.1, 0.15) is 5.82 Å². The Morgan fingerprint density at radius 3 is 2.87 bits per heavy atom. The molecule has 1 N–H and O–H groups in total. The van der Waals surface area contributed by atoms with E-state index in [-0.39, 0.29) is 29.2 Å². The highest BCUT2D eigenvalue weighted by atomic mass is 35.5. The number of halogens is 2. The van der Waals surface area contributed by atoms with Gasteiger partial charge in [-0.1, -0.05) is 18.0 Å². The minimum absolute atomic E-state index is 0.0187. The highest BCUT2D eigenvalue weighted by Crippen LogP contribution is 2.31. The first-order chi connectivity index (χ1) is 14.5. The minimum atomic E-state index is -0.549. The number of nitrogens with zero attached hydrogens (tertiary/aromatic N) is 2. The molecular weight excluding hydrogens is 425 g/mol. The van der Waals surface area contributed by atoms with Crippen LogP contribution in [0.4, 0.5) is 4.39 Å². The fourth-order valence-corrected chi connectivity index (χ4v) is 5.10. The van der Waals surface area contributed by atoms with Crippen molar-refractivity contribution < 1.29 is 14.0 Å². The lowest BCUT2D eigenvalue weighted by molar-refractivity contribution is -0.127. The van der Waals surface area contributed by atoms with Gasteiger partial charge in [-0.05, 0) is 43.9 Å². The highest BCUT2D eigenvalue weighted by Gasteiger charge is 2.29. The van der Waals surface area contributed by atoms with Crippen molar-refractivity contribution in [3.63, 3.8) is 0 Å². The van der Waals surface area contributed by atoms with Gasteiger partial charge in [0.2, 0.25) is 5.91 Å².